The average molecular weight is 1070 g/mol. The highest BCUT2D eigenvalue weighted by atomic mass is 35.5. The third kappa shape index (κ3) is 16.3. The van der Waals surface area contributed by atoms with Gasteiger partial charge in [-0.2, -0.15) is 0 Å². The van der Waals surface area contributed by atoms with E-state index in [0.717, 1.165) is 111 Å². The molecule has 0 amide bonds. The maximum atomic E-state index is 12.4. The fourth-order valence-corrected chi connectivity index (χ4v) is 9.42. The Hall–Kier alpha value is -5.32. The van der Waals surface area contributed by atoms with Crippen molar-refractivity contribution in [1.82, 2.24) is 30.2 Å². The van der Waals surface area contributed by atoms with E-state index in [1.54, 1.807) is 50.2 Å². The van der Waals surface area contributed by atoms with Gasteiger partial charge in [-0.05, 0) is 73.5 Å². The largest absolute Gasteiger partial charge is 0.493 e. The van der Waals surface area contributed by atoms with Gasteiger partial charge in [0.05, 0.1) is 94.7 Å². The second-order valence-corrected chi connectivity index (χ2v) is 21.8. The standard InChI is InChI=1S/C25H33N5O4S.C21H25ClN4O3S.C4H9NO.ClH/c1-4-35(31,32)20-7-9-24(29(2)3)23(17-20)28-25-21-8-6-19(16-22(21)26-18-27-25)34-13-5-10-30-11-14-33-15-12-30;1-4-30(27,28)16-7-9-20(26(2)3)19(13-16)25-21-17-8-6-15(29-11-5-10-22)12-18(17)23-14-24-21;1-3-6-4-2-5-1;/h6-9,16-18H,4-5,10-15H2,1-3H3,(H,26,27,28);6-9,12-14H,4-5,10-11H2,1-3H3,(H,23,24,25);5H,1-4H2;1H. The van der Waals surface area contributed by atoms with Crippen molar-refractivity contribution < 1.29 is 35.8 Å². The molecule has 3 N–H and O–H groups in total. The second-order valence-electron chi connectivity index (χ2n) is 16.9. The van der Waals surface area contributed by atoms with E-state index in [-0.39, 0.29) is 33.7 Å². The van der Waals surface area contributed by atoms with Crippen molar-refractivity contribution in [3.8, 4) is 11.5 Å². The van der Waals surface area contributed by atoms with Gasteiger partial charge in [0, 0.05) is 89.7 Å². The molecule has 2 aromatic heterocycles. The summed E-state index contributed by atoms with van der Waals surface area (Å²) in [5, 5.41) is 11.4. The molecule has 22 heteroatoms. The number of alkyl halides is 1. The van der Waals surface area contributed by atoms with Crippen molar-refractivity contribution in [3.05, 3.63) is 85.5 Å². The van der Waals surface area contributed by atoms with Crippen LogP contribution in [0.25, 0.3) is 21.8 Å². The maximum absolute atomic E-state index is 12.4. The van der Waals surface area contributed by atoms with Crippen molar-refractivity contribution in [2.45, 2.75) is 36.5 Å². The Labute approximate surface area is 435 Å². The van der Waals surface area contributed by atoms with E-state index in [9.17, 15) is 16.8 Å². The van der Waals surface area contributed by atoms with Gasteiger partial charge in [0.1, 0.15) is 35.8 Å². The molecule has 0 bridgehead atoms. The first kappa shape index (κ1) is 57.6. The van der Waals surface area contributed by atoms with Crippen LogP contribution in [0.15, 0.2) is 95.2 Å². The van der Waals surface area contributed by atoms with Gasteiger partial charge in [0.15, 0.2) is 19.7 Å². The van der Waals surface area contributed by atoms with Crippen molar-refractivity contribution in [2.24, 2.45) is 0 Å². The molecule has 8 rings (SSSR count). The third-order valence-electron chi connectivity index (χ3n) is 11.5. The molecule has 2 aliphatic rings. The zero-order chi connectivity index (χ0) is 50.8. The van der Waals surface area contributed by atoms with Crippen LogP contribution in [0.5, 0.6) is 11.5 Å². The van der Waals surface area contributed by atoms with Crippen molar-refractivity contribution in [2.75, 3.05) is 138 Å². The summed E-state index contributed by atoms with van der Waals surface area (Å²) in [7, 11) is 0.953. The highest BCUT2D eigenvalue weighted by Crippen LogP contribution is 2.35. The van der Waals surface area contributed by atoms with Crippen LogP contribution in [-0.4, -0.2) is 160 Å². The molecule has 6 aromatic rings. The minimum absolute atomic E-state index is 0. The Morgan fingerprint density at radius 2 is 1.10 bits per heavy atom. The Balaban J connectivity index is 0.000000238. The van der Waals surface area contributed by atoms with E-state index in [4.69, 9.17) is 30.5 Å². The van der Waals surface area contributed by atoms with E-state index < -0.39 is 19.7 Å². The summed E-state index contributed by atoms with van der Waals surface area (Å²) < 4.78 is 71.7. The number of nitrogens with zero attached hydrogens (tertiary/aromatic N) is 7. The van der Waals surface area contributed by atoms with Gasteiger partial charge >= 0.3 is 0 Å². The first-order valence-electron chi connectivity index (χ1n) is 23.7. The van der Waals surface area contributed by atoms with Gasteiger partial charge in [-0.15, -0.1) is 24.0 Å². The normalized spacial score (nSPS) is 13.9. The second kappa shape index (κ2) is 28.2. The molecule has 72 heavy (non-hydrogen) atoms. The van der Waals surface area contributed by atoms with Gasteiger partial charge in [-0.1, -0.05) is 13.8 Å². The predicted octanol–water partition coefficient (Wildman–Crippen LogP) is 7.60. The lowest BCUT2D eigenvalue weighted by Gasteiger charge is -2.26. The number of halogens is 2. The number of fused-ring (bicyclic) bond motifs is 2. The number of anilines is 6. The quantitative estimate of drug-likeness (QED) is 0.0528. The van der Waals surface area contributed by atoms with Crippen LogP contribution in [-0.2, 0) is 29.1 Å². The summed E-state index contributed by atoms with van der Waals surface area (Å²) >= 11 is 5.69. The zero-order valence-corrected chi connectivity index (χ0v) is 45.1. The molecule has 18 nitrogen and oxygen atoms in total. The highest BCUT2D eigenvalue weighted by Gasteiger charge is 2.19. The number of aromatic nitrogens is 4. The molecule has 2 aliphatic heterocycles. The van der Waals surface area contributed by atoms with Gasteiger partial charge in [0.25, 0.3) is 0 Å². The third-order valence-corrected chi connectivity index (χ3v) is 15.2. The summed E-state index contributed by atoms with van der Waals surface area (Å²) in [6, 6.07) is 21.5. The summed E-state index contributed by atoms with van der Waals surface area (Å²) in [6.07, 6.45) is 4.67. The van der Waals surface area contributed by atoms with Crippen molar-refractivity contribution in [1.29, 1.82) is 0 Å². The Morgan fingerprint density at radius 3 is 1.50 bits per heavy atom. The topological polar surface area (TPSA) is 203 Å². The number of hydrogen-bond donors (Lipinski definition) is 3. The predicted molar refractivity (Wildman–Crippen MR) is 292 cm³/mol. The highest BCUT2D eigenvalue weighted by molar-refractivity contribution is 7.91. The lowest BCUT2D eigenvalue weighted by Crippen LogP contribution is -2.37. The molecule has 4 heterocycles. The van der Waals surface area contributed by atoms with Gasteiger partial charge < -0.3 is 44.7 Å². The number of nitrogens with one attached hydrogen (secondary N) is 3. The van der Waals surface area contributed by atoms with E-state index in [2.05, 4.69) is 40.8 Å². The summed E-state index contributed by atoms with van der Waals surface area (Å²) in [5.41, 5.74) is 4.48. The molecule has 4 aromatic carbocycles. The van der Waals surface area contributed by atoms with Crippen molar-refractivity contribution >= 4 is 99.9 Å². The average Bonchev–Trinajstić information content (AvgIpc) is 3.38. The van der Waals surface area contributed by atoms with Crippen molar-refractivity contribution in [3.63, 3.8) is 0 Å². The number of rotatable bonds is 19. The maximum Gasteiger partial charge on any atom is 0.178 e. The Bertz CT molecular complexity index is 2880. The van der Waals surface area contributed by atoms with Gasteiger partial charge in [-0.3, -0.25) is 4.90 Å². The first-order valence-corrected chi connectivity index (χ1v) is 27.6. The lowest BCUT2D eigenvalue weighted by molar-refractivity contribution is 0.0358. The molecule has 0 atom stereocenters. The fraction of sp³-hybridized carbons (Fsp3) is 0.440. The minimum atomic E-state index is -3.34. The lowest BCUT2D eigenvalue weighted by atomic mass is 10.2. The number of benzene rings is 4. The number of ether oxygens (including phenoxy) is 4. The molecule has 2 fully saturated rings. The van der Waals surface area contributed by atoms with Crippen LogP contribution < -0.4 is 35.2 Å². The van der Waals surface area contributed by atoms with E-state index in [0.29, 0.717) is 47.9 Å². The van der Waals surface area contributed by atoms with E-state index in [1.807, 2.05) is 74.4 Å². The summed E-state index contributed by atoms with van der Waals surface area (Å²) in [5.74, 6) is 3.28. The molecule has 0 spiro atoms. The zero-order valence-electron chi connectivity index (χ0n) is 41.9. The van der Waals surface area contributed by atoms with Crippen LogP contribution in [0.1, 0.15) is 26.7 Å². The number of sulfone groups is 2. The van der Waals surface area contributed by atoms with E-state index >= 15 is 0 Å². The Kier molecular flexibility index (Phi) is 22.6. The summed E-state index contributed by atoms with van der Waals surface area (Å²) in [4.78, 5) is 24.3. The monoisotopic (exact) mass is 1070 g/mol. The SMILES string of the molecule is C1COCCN1.CCS(=O)(=O)c1ccc(N(C)C)c(Nc2ncnc3cc(OCCCCl)ccc23)c1.CCS(=O)(=O)c1ccc(N(C)C)c(Nc2ncnc3cc(OCCCN4CCOCC4)ccc23)c1.Cl. The van der Waals surface area contributed by atoms with Crippen LogP contribution in [0.2, 0.25) is 0 Å². The number of morpholine rings is 2. The van der Waals surface area contributed by atoms with Crippen LogP contribution in [0.4, 0.5) is 34.4 Å². The first-order chi connectivity index (χ1) is 34.2. The van der Waals surface area contributed by atoms with Crippen LogP contribution in [0, 0.1) is 0 Å². The van der Waals surface area contributed by atoms with Gasteiger partial charge in [0.2, 0.25) is 0 Å². The molecule has 2 saturated heterocycles. The van der Waals surface area contributed by atoms with Crippen LogP contribution >= 0.6 is 24.0 Å². The number of hydrogen-bond acceptors (Lipinski definition) is 18. The summed E-state index contributed by atoms with van der Waals surface area (Å²) in [6.45, 7) is 12.8. The van der Waals surface area contributed by atoms with Crippen LogP contribution in [0.3, 0.4) is 0 Å². The molecule has 0 aliphatic carbocycles. The molecule has 392 valence electrons. The molecular formula is C50H68Cl2N10O8S2. The Morgan fingerprint density at radius 1 is 0.639 bits per heavy atom. The van der Waals surface area contributed by atoms with E-state index in [1.165, 1.54) is 12.7 Å². The molecule has 0 saturated carbocycles. The fourth-order valence-electron chi connectivity index (χ4n) is 7.50. The molecular weight excluding hydrogens is 1000 g/mol. The molecule has 0 radical (unpaired) electrons. The minimum Gasteiger partial charge on any atom is -0.493 e. The molecule has 0 unspecified atom stereocenters. The smallest absolute Gasteiger partial charge is 0.178 e. The van der Waals surface area contributed by atoms with Gasteiger partial charge in [-0.25, -0.2) is 36.8 Å².